The van der Waals surface area contributed by atoms with Crippen molar-refractivity contribution >= 4 is 6.21 Å². The van der Waals surface area contributed by atoms with Gasteiger partial charge in [0.05, 0.1) is 24.6 Å². The molecule has 1 saturated heterocycles. The lowest BCUT2D eigenvalue weighted by Gasteiger charge is -2.26. The molecule has 1 aromatic heterocycles. The monoisotopic (exact) mass is 231 g/mol. The fourth-order valence-corrected chi connectivity index (χ4v) is 2.28. The molecule has 0 amide bonds. The highest BCUT2D eigenvalue weighted by Crippen LogP contribution is 2.12. The molecule has 0 spiro atoms. The van der Waals surface area contributed by atoms with E-state index >= 15 is 0 Å². The van der Waals surface area contributed by atoms with Crippen molar-refractivity contribution in [3.8, 4) is 0 Å². The Morgan fingerprint density at radius 3 is 3.00 bits per heavy atom. The fourth-order valence-electron chi connectivity index (χ4n) is 2.28. The Morgan fingerprint density at radius 1 is 1.24 bits per heavy atom. The first kappa shape index (κ1) is 10.9. The van der Waals surface area contributed by atoms with Crippen molar-refractivity contribution in [2.75, 3.05) is 32.8 Å². The average molecular weight is 231 g/mol. The first-order valence-corrected chi connectivity index (χ1v) is 6.20. The largest absolute Gasteiger partial charge is 0.379 e. The summed E-state index contributed by atoms with van der Waals surface area (Å²) in [5.41, 5.74) is 3.55. The lowest BCUT2D eigenvalue weighted by molar-refractivity contribution is 0.0336. The van der Waals surface area contributed by atoms with E-state index in [9.17, 15) is 0 Å². The average Bonchev–Trinajstić information content (AvgIpc) is 2.40. The van der Waals surface area contributed by atoms with Crippen LogP contribution in [0.25, 0.3) is 0 Å². The highest BCUT2D eigenvalue weighted by molar-refractivity contribution is 5.82. The number of morpholine rings is 1. The third-order valence-corrected chi connectivity index (χ3v) is 3.26. The molecule has 4 heteroatoms. The lowest BCUT2D eigenvalue weighted by Crippen LogP contribution is -2.36. The third-order valence-electron chi connectivity index (χ3n) is 3.26. The quantitative estimate of drug-likeness (QED) is 0.758. The standard InChI is InChI=1S/C13H17N3O/c1-2-12(10-16-5-7-17-8-6-16)15-13-3-4-14-9-11(1)13/h1-2,9H,3-8,10H2. The number of nitrogens with zero attached hydrogens (tertiary/aromatic N) is 3. The van der Waals surface area contributed by atoms with Crippen LogP contribution in [0, 0.1) is 0 Å². The van der Waals surface area contributed by atoms with Gasteiger partial charge in [-0.1, -0.05) is 0 Å². The van der Waals surface area contributed by atoms with Crippen LogP contribution < -0.4 is 0 Å². The van der Waals surface area contributed by atoms with Gasteiger partial charge in [0.2, 0.25) is 0 Å². The van der Waals surface area contributed by atoms with Gasteiger partial charge < -0.3 is 4.74 Å². The predicted octanol–water partition coefficient (Wildman–Crippen LogP) is 0.889. The van der Waals surface area contributed by atoms with Crippen molar-refractivity contribution in [3.05, 3.63) is 29.1 Å². The zero-order valence-corrected chi connectivity index (χ0v) is 9.93. The van der Waals surface area contributed by atoms with Gasteiger partial charge in [-0.2, -0.15) is 0 Å². The molecule has 0 bridgehead atoms. The van der Waals surface area contributed by atoms with E-state index in [-0.39, 0.29) is 0 Å². The summed E-state index contributed by atoms with van der Waals surface area (Å²) < 4.78 is 5.35. The molecule has 3 heterocycles. The topological polar surface area (TPSA) is 37.7 Å². The zero-order valence-electron chi connectivity index (χ0n) is 9.93. The van der Waals surface area contributed by atoms with Gasteiger partial charge >= 0.3 is 0 Å². The van der Waals surface area contributed by atoms with Crippen LogP contribution in [0.5, 0.6) is 0 Å². The second kappa shape index (κ2) is 4.94. The Morgan fingerprint density at radius 2 is 2.12 bits per heavy atom. The van der Waals surface area contributed by atoms with Crippen molar-refractivity contribution in [2.24, 2.45) is 4.99 Å². The molecule has 0 N–H and O–H groups in total. The van der Waals surface area contributed by atoms with Gasteiger partial charge in [-0.25, -0.2) is 0 Å². The van der Waals surface area contributed by atoms with Gasteiger partial charge in [0, 0.05) is 44.4 Å². The second-order valence-electron chi connectivity index (χ2n) is 4.51. The normalized spacial score (nSPS) is 20.2. The minimum absolute atomic E-state index is 0.845. The molecule has 17 heavy (non-hydrogen) atoms. The Kier molecular flexibility index (Phi) is 3.16. The van der Waals surface area contributed by atoms with E-state index in [0.717, 1.165) is 45.8 Å². The lowest BCUT2D eigenvalue weighted by atomic mass is 10.1. The molecule has 0 aromatic carbocycles. The number of hydrogen-bond acceptors (Lipinski definition) is 4. The molecule has 3 rings (SSSR count). The molecular formula is C13H17N3O. The summed E-state index contributed by atoms with van der Waals surface area (Å²) in [6.07, 6.45) is 2.91. The number of hydrogen-bond donors (Lipinski definition) is 0. The van der Waals surface area contributed by atoms with Crippen LogP contribution >= 0.6 is 0 Å². The molecular weight excluding hydrogens is 214 g/mol. The van der Waals surface area contributed by atoms with Crippen LogP contribution in [-0.2, 0) is 17.7 Å². The van der Waals surface area contributed by atoms with Gasteiger partial charge in [-0.15, -0.1) is 0 Å². The molecule has 0 aliphatic carbocycles. The number of fused-ring (bicyclic) bond motifs is 1. The SMILES string of the molecule is C1=NCCc2nc(CN3CCOCC3)ccc21. The van der Waals surface area contributed by atoms with Gasteiger partial charge in [-0.3, -0.25) is 14.9 Å². The van der Waals surface area contributed by atoms with Crippen LogP contribution in [-0.4, -0.2) is 48.9 Å². The summed E-state index contributed by atoms with van der Waals surface area (Å²) in [6, 6.07) is 4.26. The second-order valence-corrected chi connectivity index (χ2v) is 4.51. The minimum atomic E-state index is 0.845. The summed E-state index contributed by atoms with van der Waals surface area (Å²) in [4.78, 5) is 11.4. The summed E-state index contributed by atoms with van der Waals surface area (Å²) in [5, 5.41) is 0. The highest BCUT2D eigenvalue weighted by Gasteiger charge is 2.13. The molecule has 1 fully saturated rings. The Balaban J connectivity index is 1.72. The Hall–Kier alpha value is -1.26. The zero-order chi connectivity index (χ0) is 11.5. The highest BCUT2D eigenvalue weighted by atomic mass is 16.5. The Bertz CT molecular complexity index is 425. The first-order valence-electron chi connectivity index (χ1n) is 6.20. The molecule has 1 aromatic rings. The summed E-state index contributed by atoms with van der Waals surface area (Å²) in [6.45, 7) is 5.53. The van der Waals surface area contributed by atoms with Crippen LogP contribution in [0.1, 0.15) is 17.0 Å². The number of pyridine rings is 1. The van der Waals surface area contributed by atoms with Gasteiger partial charge in [0.25, 0.3) is 0 Å². The summed E-state index contributed by atoms with van der Waals surface area (Å²) >= 11 is 0. The van der Waals surface area contributed by atoms with Crippen LogP contribution in [0.15, 0.2) is 17.1 Å². The number of ether oxygens (including phenoxy) is 1. The van der Waals surface area contributed by atoms with E-state index in [1.54, 1.807) is 0 Å². The first-order chi connectivity index (χ1) is 8.42. The van der Waals surface area contributed by atoms with Gasteiger partial charge in [0.1, 0.15) is 0 Å². The van der Waals surface area contributed by atoms with E-state index in [0.29, 0.717) is 0 Å². The minimum Gasteiger partial charge on any atom is -0.379 e. The van der Waals surface area contributed by atoms with Crippen molar-refractivity contribution in [2.45, 2.75) is 13.0 Å². The predicted molar refractivity (Wildman–Crippen MR) is 66.5 cm³/mol. The van der Waals surface area contributed by atoms with Crippen LogP contribution in [0.2, 0.25) is 0 Å². The van der Waals surface area contributed by atoms with E-state index < -0.39 is 0 Å². The summed E-state index contributed by atoms with van der Waals surface area (Å²) in [5.74, 6) is 0. The van der Waals surface area contributed by atoms with E-state index in [1.807, 2.05) is 6.21 Å². The number of rotatable bonds is 2. The maximum absolute atomic E-state index is 5.35. The molecule has 2 aliphatic heterocycles. The van der Waals surface area contributed by atoms with Crippen molar-refractivity contribution < 1.29 is 4.74 Å². The van der Waals surface area contributed by atoms with Crippen LogP contribution in [0.4, 0.5) is 0 Å². The number of aliphatic imine (C=N–C) groups is 1. The van der Waals surface area contributed by atoms with Crippen molar-refractivity contribution in [1.82, 2.24) is 9.88 Å². The molecule has 0 saturated carbocycles. The van der Waals surface area contributed by atoms with E-state index in [1.165, 1.54) is 17.0 Å². The summed E-state index contributed by atoms with van der Waals surface area (Å²) in [7, 11) is 0. The van der Waals surface area contributed by atoms with E-state index in [2.05, 4.69) is 22.0 Å². The van der Waals surface area contributed by atoms with E-state index in [4.69, 9.17) is 9.72 Å². The van der Waals surface area contributed by atoms with Crippen LogP contribution in [0.3, 0.4) is 0 Å². The molecule has 0 atom stereocenters. The smallest absolute Gasteiger partial charge is 0.0594 e. The molecule has 90 valence electrons. The maximum Gasteiger partial charge on any atom is 0.0594 e. The molecule has 0 radical (unpaired) electrons. The fraction of sp³-hybridized carbons (Fsp3) is 0.538. The molecule has 4 nitrogen and oxygen atoms in total. The van der Waals surface area contributed by atoms with Gasteiger partial charge in [-0.05, 0) is 12.1 Å². The maximum atomic E-state index is 5.35. The molecule has 0 unspecified atom stereocenters. The van der Waals surface area contributed by atoms with Gasteiger partial charge in [0.15, 0.2) is 0 Å². The molecule has 2 aliphatic rings. The Labute approximate surface area is 101 Å². The number of aromatic nitrogens is 1. The third kappa shape index (κ3) is 2.53. The van der Waals surface area contributed by atoms with Crippen molar-refractivity contribution in [3.63, 3.8) is 0 Å². The van der Waals surface area contributed by atoms with Crippen molar-refractivity contribution in [1.29, 1.82) is 0 Å².